The van der Waals surface area contributed by atoms with Gasteiger partial charge in [-0.05, 0) is 29.8 Å². The summed E-state index contributed by atoms with van der Waals surface area (Å²) < 4.78 is 44.9. The van der Waals surface area contributed by atoms with Crippen LogP contribution >= 0.6 is 58.0 Å². The van der Waals surface area contributed by atoms with Crippen molar-refractivity contribution in [2.45, 2.75) is 12.7 Å². The summed E-state index contributed by atoms with van der Waals surface area (Å²) in [6, 6.07) is 8.72. The van der Waals surface area contributed by atoms with Crippen LogP contribution < -0.4 is 10.7 Å². The average Bonchev–Trinajstić information content (AvgIpc) is 3.00. The van der Waals surface area contributed by atoms with E-state index in [2.05, 4.69) is 0 Å². The van der Waals surface area contributed by atoms with Crippen LogP contribution in [0.5, 0.6) is 5.75 Å². The van der Waals surface area contributed by atoms with Crippen molar-refractivity contribution in [3.63, 3.8) is 0 Å². The van der Waals surface area contributed by atoms with Gasteiger partial charge >= 0.3 is 24.0 Å². The Morgan fingerprint density at radius 2 is 1.43 bits per heavy atom. The second-order valence-electron chi connectivity index (χ2n) is 9.76. The highest BCUT2D eigenvalue weighted by Crippen LogP contribution is 2.52. The minimum atomic E-state index is -5.31. The van der Waals surface area contributed by atoms with Gasteiger partial charge in [-0.2, -0.15) is 13.2 Å². The van der Waals surface area contributed by atoms with E-state index in [1.165, 1.54) is 30.3 Å². The van der Waals surface area contributed by atoms with Crippen molar-refractivity contribution in [1.29, 1.82) is 0 Å². The van der Waals surface area contributed by atoms with E-state index in [4.69, 9.17) is 62.4 Å². The first-order valence-electron chi connectivity index (χ1n) is 12.7. The molecule has 0 unspecified atom stereocenters. The number of carbonyl (C=O) groups excluding carboxylic acids is 1. The number of alkyl halides is 3. The van der Waals surface area contributed by atoms with Crippen LogP contribution in [0.3, 0.4) is 0 Å². The second-order valence-corrected chi connectivity index (χ2v) is 11.7. The van der Waals surface area contributed by atoms with Crippen LogP contribution in [0.15, 0.2) is 51.7 Å². The van der Waals surface area contributed by atoms with Gasteiger partial charge in [0, 0.05) is 33.7 Å². The molecule has 3 aromatic carbocycles. The summed E-state index contributed by atoms with van der Waals surface area (Å²) in [4.78, 5) is 48.7. The van der Waals surface area contributed by atoms with Crippen LogP contribution in [0, 0.1) is 0 Å². The van der Waals surface area contributed by atoms with Crippen LogP contribution in [-0.4, -0.2) is 39.3 Å². The topological polar surface area (TPSA) is 154 Å². The number of hydrogen-bond donors (Lipinski definition) is 4. The molecule has 1 amide bonds. The van der Waals surface area contributed by atoms with E-state index in [9.17, 15) is 47.7 Å². The molecule has 0 fully saturated rings. The number of aromatic carboxylic acids is 2. The lowest BCUT2D eigenvalue weighted by atomic mass is 9.88. The number of carboxylic acids is 2. The van der Waals surface area contributed by atoms with Gasteiger partial charge in [0.1, 0.15) is 17.1 Å². The Bertz CT molecular complexity index is 2200. The van der Waals surface area contributed by atoms with Crippen molar-refractivity contribution < 1.29 is 47.3 Å². The molecule has 4 N–H and O–H groups in total. The van der Waals surface area contributed by atoms with Crippen LogP contribution in [0.4, 0.5) is 13.2 Å². The normalized spacial score (nSPS) is 11.7. The number of amides is 1. The zero-order valence-corrected chi connectivity index (χ0v) is 26.4. The number of hydrogen-bond acceptors (Lipinski definition) is 6. The van der Waals surface area contributed by atoms with Crippen LogP contribution in [0.2, 0.25) is 25.1 Å². The number of fused-ring (bicyclic) bond motifs is 2. The van der Waals surface area contributed by atoms with Crippen molar-refractivity contribution >= 4 is 86.8 Å². The van der Waals surface area contributed by atoms with Crippen LogP contribution in [-0.2, 0) is 11.3 Å². The third-order valence-electron chi connectivity index (χ3n) is 6.99. The van der Waals surface area contributed by atoms with E-state index in [1.54, 1.807) is 5.32 Å². The molecule has 242 valence electrons. The number of halogens is 8. The fourth-order valence-corrected chi connectivity index (χ4v) is 6.11. The summed E-state index contributed by atoms with van der Waals surface area (Å²) in [7, 11) is 0. The number of aromatic hydroxyl groups is 1. The predicted octanol–water partition coefficient (Wildman–Crippen LogP) is 8.78. The Hall–Kier alpha value is -4.20. The third-order valence-corrected chi connectivity index (χ3v) is 9.07. The van der Waals surface area contributed by atoms with Crippen molar-refractivity contribution in [2.75, 3.05) is 0 Å². The number of nitrogens with one attached hydrogen (secondary N) is 1. The first-order valence-corrected chi connectivity index (χ1v) is 14.6. The van der Waals surface area contributed by atoms with E-state index >= 15 is 0 Å². The molecule has 0 bridgehead atoms. The average molecular weight is 750 g/mol. The maximum absolute atomic E-state index is 13.1. The summed E-state index contributed by atoms with van der Waals surface area (Å²) in [6.45, 7) is -1.04. The molecule has 5 rings (SSSR count). The number of benzene rings is 4. The Labute approximate surface area is 284 Å². The molecule has 0 saturated carbocycles. The monoisotopic (exact) mass is 747 g/mol. The maximum Gasteiger partial charge on any atom is 0.471 e. The summed E-state index contributed by atoms with van der Waals surface area (Å²) in [5.41, 5.74) is -2.95. The van der Waals surface area contributed by atoms with Gasteiger partial charge in [-0.1, -0.05) is 70.1 Å². The molecule has 0 atom stereocenters. The molecular formula is C30H13Cl5F3NO8. The Balaban J connectivity index is 1.96. The van der Waals surface area contributed by atoms with E-state index in [0.29, 0.717) is 5.56 Å². The lowest BCUT2D eigenvalue weighted by Crippen LogP contribution is -2.37. The molecule has 9 nitrogen and oxygen atoms in total. The van der Waals surface area contributed by atoms with Crippen molar-refractivity contribution in [1.82, 2.24) is 5.32 Å². The summed E-state index contributed by atoms with van der Waals surface area (Å²) in [6.07, 6.45) is -5.31. The fraction of sp³-hybridized carbons (Fsp3) is 0.0667. The van der Waals surface area contributed by atoms with Gasteiger partial charge in [0.15, 0.2) is 0 Å². The molecule has 0 radical (unpaired) electrons. The number of phenols is 1. The molecule has 0 aromatic heterocycles. The standard InChI is InChI=1S/C30H13Cl5F3NO8/c31-15-6-13-18(19-20(28(44)45)22(33)24(35)23(34)21(19)32)12-5-11(9-1-3-10(4-2-9)27(42)43)16(40)7-17(12)47-26(13)14(25(15)41)8-39-29(46)30(36,37)38/h1-7,40H,8H2,(H,39,46)(H,42,43)(H,44,45). The quantitative estimate of drug-likeness (QED) is 0.0764. The van der Waals surface area contributed by atoms with Gasteiger partial charge < -0.3 is 25.1 Å². The fourth-order valence-electron chi connectivity index (χ4n) is 4.86. The van der Waals surface area contributed by atoms with Gasteiger partial charge in [0.05, 0.1) is 48.3 Å². The molecule has 2 aliphatic rings. The lowest BCUT2D eigenvalue weighted by molar-refractivity contribution is -0.173. The minimum absolute atomic E-state index is 0.00791. The summed E-state index contributed by atoms with van der Waals surface area (Å²) in [5, 5.41) is 29.7. The first kappa shape index (κ1) is 34.1. The first-order chi connectivity index (χ1) is 21.9. The predicted molar refractivity (Wildman–Crippen MR) is 169 cm³/mol. The minimum Gasteiger partial charge on any atom is -0.507 e. The largest absolute Gasteiger partial charge is 0.507 e. The Kier molecular flexibility index (Phi) is 9.03. The Morgan fingerprint density at radius 1 is 0.809 bits per heavy atom. The van der Waals surface area contributed by atoms with Gasteiger partial charge in [-0.15, -0.1) is 0 Å². The molecule has 1 heterocycles. The number of rotatable bonds is 6. The zero-order chi connectivity index (χ0) is 34.7. The van der Waals surface area contributed by atoms with Crippen molar-refractivity contribution in [3.05, 3.63) is 94.5 Å². The van der Waals surface area contributed by atoms with E-state index in [-0.39, 0.29) is 43.8 Å². The molecule has 0 spiro atoms. The molecule has 17 heteroatoms. The van der Waals surface area contributed by atoms with E-state index in [1.807, 2.05) is 0 Å². The highest BCUT2D eigenvalue weighted by Gasteiger charge is 2.39. The van der Waals surface area contributed by atoms with Gasteiger partial charge in [0.2, 0.25) is 5.43 Å². The highest BCUT2D eigenvalue weighted by atomic mass is 35.5. The maximum atomic E-state index is 13.1. The zero-order valence-electron chi connectivity index (χ0n) is 22.7. The van der Waals surface area contributed by atoms with Gasteiger partial charge in [0.25, 0.3) is 0 Å². The SMILES string of the molecule is O=C(O)c1ccc(-c2cc3c(-c4c(Cl)c(Cl)c(Cl)c(Cl)c4C(=O)O)c4cc(Cl)c(=O)c(CNC(=O)C(F)(F)F)c-4oc3cc2O)cc1. The lowest BCUT2D eigenvalue weighted by Gasteiger charge is -2.22. The molecule has 47 heavy (non-hydrogen) atoms. The molecule has 0 saturated heterocycles. The van der Waals surface area contributed by atoms with Crippen molar-refractivity contribution in [2.24, 2.45) is 0 Å². The summed E-state index contributed by atoms with van der Waals surface area (Å²) >= 11 is 31.7. The molecule has 3 aromatic rings. The highest BCUT2D eigenvalue weighted by molar-refractivity contribution is 6.54. The van der Waals surface area contributed by atoms with Crippen LogP contribution in [0.25, 0.3) is 44.5 Å². The van der Waals surface area contributed by atoms with Gasteiger partial charge in [-0.25, -0.2) is 9.59 Å². The number of phenolic OH excluding ortho intramolecular Hbond substituents is 1. The summed E-state index contributed by atoms with van der Waals surface area (Å²) in [5.74, 6) is -6.14. The van der Waals surface area contributed by atoms with Crippen LogP contribution in [0.1, 0.15) is 26.3 Å². The third kappa shape index (κ3) is 6.03. The molecular weight excluding hydrogens is 737 g/mol. The van der Waals surface area contributed by atoms with E-state index in [0.717, 1.165) is 12.1 Å². The number of carboxylic acid groups (broad SMARTS) is 2. The molecule has 1 aliphatic carbocycles. The second kappa shape index (κ2) is 12.4. The van der Waals surface area contributed by atoms with Crippen molar-refractivity contribution in [3.8, 4) is 39.3 Å². The van der Waals surface area contributed by atoms with E-state index < -0.39 is 78.7 Å². The molecule has 1 aliphatic heterocycles. The Morgan fingerprint density at radius 3 is 2.00 bits per heavy atom. The smallest absolute Gasteiger partial charge is 0.471 e. The van der Waals surface area contributed by atoms with Gasteiger partial charge in [-0.3, -0.25) is 9.59 Å². The number of carbonyl (C=O) groups is 3.